The van der Waals surface area contributed by atoms with Gasteiger partial charge >= 0.3 is 0 Å². The van der Waals surface area contributed by atoms with Gasteiger partial charge in [-0.2, -0.15) is 0 Å². The molecule has 0 atom stereocenters. The lowest BCUT2D eigenvalue weighted by atomic mass is 10.2. The Bertz CT molecular complexity index is 656. The summed E-state index contributed by atoms with van der Waals surface area (Å²) in [5.41, 5.74) is 2.69. The Morgan fingerprint density at radius 1 is 1.32 bits per heavy atom. The minimum absolute atomic E-state index is 0.00130. The lowest BCUT2D eigenvalue weighted by Gasteiger charge is -2.19. The second-order valence-corrected chi connectivity index (χ2v) is 5.24. The maximum Gasteiger partial charge on any atom is 0.256 e. The average Bonchev–Trinajstić information content (AvgIpc) is 3.10. The van der Waals surface area contributed by atoms with Gasteiger partial charge in [-0.15, -0.1) is 13.2 Å². The van der Waals surface area contributed by atoms with Gasteiger partial charge < -0.3 is 13.9 Å². The Kier molecular flexibility index (Phi) is 5.04. The molecule has 0 aliphatic heterocycles. The Morgan fingerprint density at radius 2 is 2.00 bits per heavy atom. The van der Waals surface area contributed by atoms with Crippen molar-refractivity contribution in [1.29, 1.82) is 0 Å². The van der Waals surface area contributed by atoms with Gasteiger partial charge in [0.1, 0.15) is 5.76 Å². The van der Waals surface area contributed by atoms with Crippen LogP contribution in [0.4, 0.5) is 0 Å². The average molecular weight is 298 g/mol. The monoisotopic (exact) mass is 298 g/mol. The largest absolute Gasteiger partial charge is 0.467 e. The van der Waals surface area contributed by atoms with Gasteiger partial charge in [0.15, 0.2) is 0 Å². The normalized spacial score (nSPS) is 10.5. The molecule has 0 aliphatic rings. The molecule has 0 aromatic carbocycles. The molecule has 22 heavy (non-hydrogen) atoms. The Labute approximate surface area is 131 Å². The molecule has 116 valence electrons. The molecule has 0 bridgehead atoms. The Hall–Kier alpha value is -2.49. The molecule has 0 unspecified atom stereocenters. The second-order valence-electron chi connectivity index (χ2n) is 5.24. The predicted octanol–water partition coefficient (Wildman–Crippen LogP) is 3.56. The molecule has 2 rings (SSSR count). The van der Waals surface area contributed by atoms with Crippen LogP contribution in [0.5, 0.6) is 0 Å². The van der Waals surface area contributed by atoms with Gasteiger partial charge in [-0.3, -0.25) is 4.79 Å². The van der Waals surface area contributed by atoms with Crippen LogP contribution >= 0.6 is 0 Å². The van der Waals surface area contributed by atoms with Crippen LogP contribution in [0.3, 0.4) is 0 Å². The topological polar surface area (TPSA) is 38.4 Å². The van der Waals surface area contributed by atoms with Gasteiger partial charge in [-0.1, -0.05) is 12.2 Å². The standard InChI is InChI=1S/C18H22N2O2/c1-5-9-19(10-6-2)18(21)17-12-14(3)20(15(17)4)13-16-8-7-11-22-16/h5-8,11-12H,1-2,9-10,13H2,3-4H3. The SMILES string of the molecule is C=CCN(CC=C)C(=O)c1cc(C)n(Cc2ccco2)c1C. The predicted molar refractivity (Wildman–Crippen MR) is 88.0 cm³/mol. The fourth-order valence-corrected chi connectivity index (χ4v) is 2.54. The minimum Gasteiger partial charge on any atom is -0.467 e. The summed E-state index contributed by atoms with van der Waals surface area (Å²) in [5, 5.41) is 0. The van der Waals surface area contributed by atoms with E-state index in [1.165, 1.54) is 0 Å². The van der Waals surface area contributed by atoms with E-state index in [2.05, 4.69) is 17.7 Å². The van der Waals surface area contributed by atoms with Crippen LogP contribution in [0, 0.1) is 13.8 Å². The Balaban J connectivity index is 2.29. The summed E-state index contributed by atoms with van der Waals surface area (Å²) in [5.74, 6) is 0.869. The van der Waals surface area contributed by atoms with Crippen molar-refractivity contribution in [3.63, 3.8) is 0 Å². The molecule has 2 aromatic rings. The van der Waals surface area contributed by atoms with Crippen molar-refractivity contribution in [3.05, 3.63) is 72.5 Å². The first-order chi connectivity index (χ1) is 10.6. The highest BCUT2D eigenvalue weighted by Gasteiger charge is 2.20. The molecule has 0 saturated heterocycles. The summed E-state index contributed by atoms with van der Waals surface area (Å²) < 4.78 is 7.49. The van der Waals surface area contributed by atoms with Crippen LogP contribution in [0.2, 0.25) is 0 Å². The van der Waals surface area contributed by atoms with E-state index in [1.54, 1.807) is 23.3 Å². The number of carbonyl (C=O) groups excluding carboxylic acids is 1. The first kappa shape index (κ1) is 15.9. The number of aromatic nitrogens is 1. The minimum atomic E-state index is -0.00130. The van der Waals surface area contributed by atoms with Gasteiger partial charge in [-0.05, 0) is 32.0 Å². The lowest BCUT2D eigenvalue weighted by molar-refractivity contribution is 0.0790. The van der Waals surface area contributed by atoms with Crippen LogP contribution < -0.4 is 0 Å². The van der Waals surface area contributed by atoms with Crippen LogP contribution in [0.25, 0.3) is 0 Å². The number of aryl methyl sites for hydroxylation is 1. The third-order valence-corrected chi connectivity index (χ3v) is 3.68. The van der Waals surface area contributed by atoms with Gasteiger partial charge in [0.25, 0.3) is 5.91 Å². The molecule has 0 aliphatic carbocycles. The maximum absolute atomic E-state index is 12.7. The zero-order chi connectivity index (χ0) is 16.1. The van der Waals surface area contributed by atoms with Crippen LogP contribution in [-0.2, 0) is 6.54 Å². The van der Waals surface area contributed by atoms with E-state index in [0.717, 1.165) is 17.1 Å². The number of carbonyl (C=O) groups is 1. The molecule has 0 N–H and O–H groups in total. The summed E-state index contributed by atoms with van der Waals surface area (Å²) in [7, 11) is 0. The highest BCUT2D eigenvalue weighted by atomic mass is 16.3. The summed E-state index contributed by atoms with van der Waals surface area (Å²) in [6.45, 7) is 13.0. The third-order valence-electron chi connectivity index (χ3n) is 3.68. The summed E-state index contributed by atoms with van der Waals surface area (Å²) in [4.78, 5) is 14.4. The van der Waals surface area contributed by atoms with Crippen molar-refractivity contribution >= 4 is 5.91 Å². The quantitative estimate of drug-likeness (QED) is 0.733. The van der Waals surface area contributed by atoms with Gasteiger partial charge in [0.05, 0.1) is 18.4 Å². The first-order valence-corrected chi connectivity index (χ1v) is 7.28. The van der Waals surface area contributed by atoms with E-state index >= 15 is 0 Å². The molecule has 4 nitrogen and oxygen atoms in total. The second kappa shape index (κ2) is 6.98. The molecule has 1 amide bonds. The molecule has 4 heteroatoms. The number of amides is 1. The van der Waals surface area contributed by atoms with E-state index < -0.39 is 0 Å². The Morgan fingerprint density at radius 3 is 2.55 bits per heavy atom. The molecule has 0 radical (unpaired) electrons. The van der Waals surface area contributed by atoms with Gasteiger partial charge in [0, 0.05) is 24.5 Å². The summed E-state index contributed by atoms with van der Waals surface area (Å²) >= 11 is 0. The fraction of sp³-hybridized carbons (Fsp3) is 0.278. The van der Waals surface area contributed by atoms with E-state index in [-0.39, 0.29) is 5.91 Å². The van der Waals surface area contributed by atoms with E-state index in [4.69, 9.17) is 4.42 Å². The smallest absolute Gasteiger partial charge is 0.256 e. The van der Waals surface area contributed by atoms with Crippen LogP contribution in [-0.4, -0.2) is 28.5 Å². The van der Waals surface area contributed by atoms with Crippen molar-refractivity contribution in [2.45, 2.75) is 20.4 Å². The molecule has 0 fully saturated rings. The molecule has 2 aromatic heterocycles. The molecular formula is C18H22N2O2. The van der Waals surface area contributed by atoms with Gasteiger partial charge in [-0.25, -0.2) is 0 Å². The first-order valence-electron chi connectivity index (χ1n) is 7.28. The number of nitrogens with zero attached hydrogens (tertiary/aromatic N) is 2. The lowest BCUT2D eigenvalue weighted by Crippen LogP contribution is -2.31. The molecule has 0 spiro atoms. The van der Waals surface area contributed by atoms with E-state index in [1.807, 2.05) is 32.0 Å². The van der Waals surface area contributed by atoms with Crippen molar-refractivity contribution < 1.29 is 9.21 Å². The molecule has 0 saturated carbocycles. The van der Waals surface area contributed by atoms with Crippen molar-refractivity contribution in [3.8, 4) is 0 Å². The van der Waals surface area contributed by atoms with Crippen molar-refractivity contribution in [2.75, 3.05) is 13.1 Å². The molecule has 2 heterocycles. The number of hydrogen-bond donors (Lipinski definition) is 0. The summed E-state index contributed by atoms with van der Waals surface area (Å²) in [6, 6.07) is 5.73. The zero-order valence-electron chi connectivity index (χ0n) is 13.2. The molecular weight excluding hydrogens is 276 g/mol. The fourth-order valence-electron chi connectivity index (χ4n) is 2.54. The third kappa shape index (κ3) is 3.22. The van der Waals surface area contributed by atoms with Gasteiger partial charge in [0.2, 0.25) is 0 Å². The summed E-state index contributed by atoms with van der Waals surface area (Å²) in [6.07, 6.45) is 5.11. The maximum atomic E-state index is 12.7. The number of rotatable bonds is 7. The highest BCUT2D eigenvalue weighted by molar-refractivity contribution is 5.96. The number of hydrogen-bond acceptors (Lipinski definition) is 2. The zero-order valence-corrected chi connectivity index (χ0v) is 13.2. The van der Waals surface area contributed by atoms with E-state index in [0.29, 0.717) is 25.2 Å². The van der Waals surface area contributed by atoms with Crippen molar-refractivity contribution in [2.24, 2.45) is 0 Å². The number of furan rings is 1. The van der Waals surface area contributed by atoms with Crippen molar-refractivity contribution in [1.82, 2.24) is 9.47 Å². The van der Waals surface area contributed by atoms with Crippen LogP contribution in [0.15, 0.2) is 54.2 Å². The highest BCUT2D eigenvalue weighted by Crippen LogP contribution is 2.19. The van der Waals surface area contributed by atoms with Crippen LogP contribution in [0.1, 0.15) is 27.5 Å². The van der Waals surface area contributed by atoms with E-state index in [9.17, 15) is 4.79 Å².